The second kappa shape index (κ2) is 8.72. The Morgan fingerprint density at radius 3 is 2.32 bits per heavy atom. The summed E-state index contributed by atoms with van der Waals surface area (Å²) < 4.78 is 47.7. The standard InChI is InChI=1S/C27H20F3N3O5/c1-15-6-8-17(9-7-15)22(34)33-20-11-10-19(27(28,29)30)13-21(20)32(25(33)37)14-16-4-3-5-18(12-16)26(2)23(35)31-24(36)38-26/h3-13H,14H2,1-2H3,(H,31,35,36)/t26-/m1/s1. The number of alkyl halides is 3. The summed E-state index contributed by atoms with van der Waals surface area (Å²) in [5.41, 5.74) is -1.67. The summed E-state index contributed by atoms with van der Waals surface area (Å²) >= 11 is 0. The van der Waals surface area contributed by atoms with Gasteiger partial charge < -0.3 is 4.74 Å². The van der Waals surface area contributed by atoms with Gasteiger partial charge in [-0.3, -0.25) is 19.5 Å². The molecule has 0 aliphatic carbocycles. The zero-order valence-corrected chi connectivity index (χ0v) is 20.1. The molecule has 0 radical (unpaired) electrons. The molecule has 8 nitrogen and oxygen atoms in total. The number of aryl methyl sites for hydroxylation is 1. The Balaban J connectivity index is 1.65. The first-order chi connectivity index (χ1) is 17.9. The third-order valence-electron chi connectivity index (χ3n) is 6.52. The minimum absolute atomic E-state index is 0.0146. The SMILES string of the molecule is Cc1ccc(C(=O)n2c(=O)n(Cc3cccc([C@@]4(C)OC(=O)NC4=O)c3)c3cc(C(F)(F)F)ccc32)cc1. The highest BCUT2D eigenvalue weighted by Gasteiger charge is 2.46. The van der Waals surface area contributed by atoms with Crippen LogP contribution < -0.4 is 11.0 Å². The summed E-state index contributed by atoms with van der Waals surface area (Å²) in [4.78, 5) is 50.7. The van der Waals surface area contributed by atoms with Crippen molar-refractivity contribution >= 4 is 28.9 Å². The lowest BCUT2D eigenvalue weighted by atomic mass is 9.94. The number of imidazole rings is 1. The van der Waals surface area contributed by atoms with Gasteiger partial charge in [0.15, 0.2) is 0 Å². The van der Waals surface area contributed by atoms with Gasteiger partial charge in [0.2, 0.25) is 5.60 Å². The molecule has 0 bridgehead atoms. The lowest BCUT2D eigenvalue weighted by Gasteiger charge is -2.20. The number of hydrogen-bond donors (Lipinski definition) is 1. The van der Waals surface area contributed by atoms with Gasteiger partial charge in [-0.1, -0.05) is 35.9 Å². The summed E-state index contributed by atoms with van der Waals surface area (Å²) in [5.74, 6) is -1.36. The Bertz CT molecular complexity index is 1690. The molecule has 0 spiro atoms. The maximum Gasteiger partial charge on any atom is 0.416 e. The van der Waals surface area contributed by atoms with E-state index in [-0.39, 0.29) is 23.1 Å². The number of nitrogens with zero attached hydrogens (tertiary/aromatic N) is 2. The highest BCUT2D eigenvalue weighted by molar-refractivity contribution is 6.03. The number of benzene rings is 3. The molecule has 2 amide bonds. The third-order valence-corrected chi connectivity index (χ3v) is 6.52. The van der Waals surface area contributed by atoms with Gasteiger partial charge in [-0.2, -0.15) is 13.2 Å². The molecule has 38 heavy (non-hydrogen) atoms. The van der Waals surface area contributed by atoms with Crippen molar-refractivity contribution in [3.63, 3.8) is 0 Å². The number of carbonyl (C=O) groups is 3. The quantitative estimate of drug-likeness (QED) is 0.429. The molecule has 0 saturated carbocycles. The van der Waals surface area contributed by atoms with Crippen LogP contribution in [0.2, 0.25) is 0 Å². The molecule has 1 aliphatic heterocycles. The highest BCUT2D eigenvalue weighted by atomic mass is 19.4. The van der Waals surface area contributed by atoms with E-state index in [1.54, 1.807) is 30.3 Å². The Kier molecular flexibility index (Phi) is 5.74. The number of alkyl carbamates (subject to hydrolysis) is 1. The molecule has 2 heterocycles. The van der Waals surface area contributed by atoms with Crippen molar-refractivity contribution in [3.05, 3.63) is 105 Å². The Morgan fingerprint density at radius 2 is 1.68 bits per heavy atom. The van der Waals surface area contributed by atoms with Crippen molar-refractivity contribution in [2.45, 2.75) is 32.2 Å². The summed E-state index contributed by atoms with van der Waals surface area (Å²) in [6, 6.07) is 15.4. The van der Waals surface area contributed by atoms with Crippen LogP contribution in [0.3, 0.4) is 0 Å². The van der Waals surface area contributed by atoms with Gasteiger partial charge in [0.25, 0.3) is 11.8 Å². The van der Waals surface area contributed by atoms with Gasteiger partial charge in [-0.15, -0.1) is 0 Å². The number of imide groups is 1. The summed E-state index contributed by atoms with van der Waals surface area (Å²) in [5, 5.41) is 2.06. The number of nitrogens with one attached hydrogen (secondary N) is 1. The van der Waals surface area contributed by atoms with Crippen molar-refractivity contribution in [3.8, 4) is 0 Å². The van der Waals surface area contributed by atoms with Crippen LogP contribution in [0.15, 0.2) is 71.5 Å². The molecule has 194 valence electrons. The van der Waals surface area contributed by atoms with Gasteiger partial charge in [-0.05, 0) is 55.8 Å². The van der Waals surface area contributed by atoms with Gasteiger partial charge in [-0.25, -0.2) is 14.2 Å². The largest absolute Gasteiger partial charge is 0.428 e. The summed E-state index contributed by atoms with van der Waals surface area (Å²) in [6.07, 6.45) is -5.58. The summed E-state index contributed by atoms with van der Waals surface area (Å²) in [7, 11) is 0. The lowest BCUT2D eigenvalue weighted by molar-refractivity contribution is -0.137. The number of aromatic nitrogens is 2. The first-order valence-electron chi connectivity index (χ1n) is 11.5. The van der Waals surface area contributed by atoms with E-state index in [9.17, 15) is 32.3 Å². The van der Waals surface area contributed by atoms with E-state index in [1.165, 1.54) is 25.1 Å². The highest BCUT2D eigenvalue weighted by Crippen LogP contribution is 2.33. The molecule has 0 unspecified atom stereocenters. The average Bonchev–Trinajstić information content (AvgIpc) is 3.29. The molecule has 11 heteroatoms. The first-order valence-corrected chi connectivity index (χ1v) is 11.5. The number of carbonyl (C=O) groups excluding carboxylic acids is 3. The van der Waals surface area contributed by atoms with E-state index in [0.717, 1.165) is 32.9 Å². The molecule has 3 aromatic carbocycles. The maximum absolute atomic E-state index is 13.5. The van der Waals surface area contributed by atoms with E-state index < -0.39 is 40.9 Å². The fourth-order valence-electron chi connectivity index (χ4n) is 4.41. The number of cyclic esters (lactones) is 1. The van der Waals surface area contributed by atoms with Gasteiger partial charge in [0, 0.05) is 11.1 Å². The van der Waals surface area contributed by atoms with Crippen molar-refractivity contribution in [1.29, 1.82) is 0 Å². The number of halogens is 3. The molecule has 5 rings (SSSR count). The summed E-state index contributed by atoms with van der Waals surface area (Å²) in [6.45, 7) is 3.01. The molecule has 1 N–H and O–H groups in total. The fourth-order valence-corrected chi connectivity index (χ4v) is 4.41. The minimum Gasteiger partial charge on any atom is -0.428 e. The Morgan fingerprint density at radius 1 is 0.974 bits per heavy atom. The van der Waals surface area contributed by atoms with E-state index >= 15 is 0 Å². The predicted octanol–water partition coefficient (Wildman–Crippen LogP) is 4.35. The molecule has 1 aliphatic rings. The Labute approximate surface area is 213 Å². The maximum atomic E-state index is 13.5. The third kappa shape index (κ3) is 4.15. The van der Waals surface area contributed by atoms with Crippen LogP contribution in [-0.4, -0.2) is 27.0 Å². The van der Waals surface area contributed by atoms with Crippen LogP contribution in [-0.2, 0) is 27.9 Å². The number of fused-ring (bicyclic) bond motifs is 1. The lowest BCUT2D eigenvalue weighted by Crippen LogP contribution is -2.33. The average molecular weight is 523 g/mol. The topological polar surface area (TPSA) is 99.4 Å². The Hall–Kier alpha value is -4.67. The molecule has 1 aromatic heterocycles. The molecule has 1 fully saturated rings. The van der Waals surface area contributed by atoms with Crippen LogP contribution in [0.4, 0.5) is 18.0 Å². The van der Waals surface area contributed by atoms with Crippen LogP contribution in [0.1, 0.15) is 39.5 Å². The monoisotopic (exact) mass is 523 g/mol. The zero-order valence-electron chi connectivity index (χ0n) is 20.1. The molecule has 1 saturated heterocycles. The number of amides is 2. The van der Waals surface area contributed by atoms with Crippen LogP contribution >= 0.6 is 0 Å². The molecular formula is C27H20F3N3O5. The molecule has 1 atom stereocenters. The first kappa shape index (κ1) is 25.0. The van der Waals surface area contributed by atoms with Gasteiger partial charge in [0.05, 0.1) is 23.1 Å². The van der Waals surface area contributed by atoms with E-state index in [4.69, 9.17) is 4.74 Å². The molecule has 4 aromatic rings. The predicted molar refractivity (Wildman–Crippen MR) is 130 cm³/mol. The smallest absolute Gasteiger partial charge is 0.416 e. The van der Waals surface area contributed by atoms with Gasteiger partial charge in [0.1, 0.15) is 0 Å². The minimum atomic E-state index is -4.67. The number of rotatable bonds is 4. The second-order valence-corrected chi connectivity index (χ2v) is 9.15. The number of ether oxygens (including phenoxy) is 1. The van der Waals surface area contributed by atoms with E-state index in [0.29, 0.717) is 11.1 Å². The van der Waals surface area contributed by atoms with E-state index in [1.807, 2.05) is 6.92 Å². The van der Waals surface area contributed by atoms with Crippen molar-refractivity contribution in [2.75, 3.05) is 0 Å². The fraction of sp³-hybridized carbons (Fsp3) is 0.185. The second-order valence-electron chi connectivity index (χ2n) is 9.15. The molecular weight excluding hydrogens is 503 g/mol. The van der Waals surface area contributed by atoms with Gasteiger partial charge >= 0.3 is 18.0 Å². The van der Waals surface area contributed by atoms with Crippen molar-refractivity contribution in [1.82, 2.24) is 14.5 Å². The van der Waals surface area contributed by atoms with Crippen LogP contribution in [0.25, 0.3) is 11.0 Å². The van der Waals surface area contributed by atoms with Crippen molar-refractivity contribution < 1.29 is 32.3 Å². The van der Waals surface area contributed by atoms with Crippen LogP contribution in [0.5, 0.6) is 0 Å². The number of hydrogen-bond acceptors (Lipinski definition) is 5. The zero-order chi connectivity index (χ0) is 27.4. The van der Waals surface area contributed by atoms with Crippen LogP contribution in [0, 0.1) is 6.92 Å². The van der Waals surface area contributed by atoms with E-state index in [2.05, 4.69) is 5.32 Å². The van der Waals surface area contributed by atoms with Crippen molar-refractivity contribution in [2.24, 2.45) is 0 Å². The normalized spacial score (nSPS) is 17.5.